The van der Waals surface area contributed by atoms with E-state index in [0.717, 1.165) is 23.3 Å². The smallest absolute Gasteiger partial charge is 0.157 e. The third-order valence-electron chi connectivity index (χ3n) is 1.31. The Morgan fingerprint density at radius 1 is 1.40 bits per heavy atom. The van der Waals surface area contributed by atoms with Gasteiger partial charge in [0.1, 0.15) is 0 Å². The van der Waals surface area contributed by atoms with Gasteiger partial charge in [0.2, 0.25) is 0 Å². The molecule has 1 N–H and O–H groups in total. The summed E-state index contributed by atoms with van der Waals surface area (Å²) in [5.74, 6) is 0. The zero-order valence-electron chi connectivity index (χ0n) is 7.41. The largest absolute Gasteiger partial charge is 0.353 e. The molecule has 1 aromatic rings. The van der Waals surface area contributed by atoms with E-state index in [-0.39, 0.29) is 0 Å². The van der Waals surface area contributed by atoms with E-state index in [0.29, 0.717) is 0 Å². The number of thiocyanates is 1. The lowest BCUT2D eigenvalue weighted by Gasteiger charge is -1.83. The molecule has 0 unspecified atom stereocenters. The van der Waals surface area contributed by atoms with E-state index < -0.39 is 0 Å². The van der Waals surface area contributed by atoms with Crippen molar-refractivity contribution >= 4 is 41.8 Å². The van der Waals surface area contributed by atoms with Crippen LogP contribution in [0.1, 0.15) is 11.4 Å². The molecule has 15 heavy (non-hydrogen) atoms. The molecular formula is C8H5N5S2. The molecule has 0 saturated heterocycles. The van der Waals surface area contributed by atoms with E-state index in [1.54, 1.807) is 12.3 Å². The Balaban J connectivity index is 2.64. The first kappa shape index (κ1) is 11.3. The third-order valence-corrected chi connectivity index (χ3v) is 1.69. The van der Waals surface area contributed by atoms with Gasteiger partial charge in [0.25, 0.3) is 0 Å². The molecule has 0 bridgehead atoms. The van der Waals surface area contributed by atoms with E-state index in [4.69, 9.17) is 5.26 Å². The highest BCUT2D eigenvalue weighted by atomic mass is 32.2. The van der Waals surface area contributed by atoms with E-state index >= 15 is 0 Å². The average molecular weight is 235 g/mol. The van der Waals surface area contributed by atoms with Gasteiger partial charge >= 0.3 is 0 Å². The number of nitriles is 1. The Labute approximate surface area is 95.8 Å². The fourth-order valence-electron chi connectivity index (χ4n) is 0.802. The maximum absolute atomic E-state index is 8.23. The van der Waals surface area contributed by atoms with Crippen LogP contribution in [0.4, 0.5) is 0 Å². The molecule has 7 heteroatoms. The van der Waals surface area contributed by atoms with Crippen LogP contribution in [0.25, 0.3) is 0 Å². The molecular weight excluding hydrogens is 230 g/mol. The van der Waals surface area contributed by atoms with Crippen molar-refractivity contribution in [3.8, 4) is 5.40 Å². The summed E-state index contributed by atoms with van der Waals surface area (Å²) in [4.78, 5) is 2.99. The lowest BCUT2D eigenvalue weighted by atomic mass is 10.4. The lowest BCUT2D eigenvalue weighted by Crippen LogP contribution is -1.82. The Kier molecular flexibility index (Phi) is 5.04. The van der Waals surface area contributed by atoms with Gasteiger partial charge < -0.3 is 4.98 Å². The van der Waals surface area contributed by atoms with Crippen LogP contribution in [-0.2, 0) is 0 Å². The quantitative estimate of drug-likeness (QED) is 0.285. The van der Waals surface area contributed by atoms with E-state index in [2.05, 4.69) is 37.0 Å². The van der Waals surface area contributed by atoms with E-state index in [1.165, 1.54) is 6.21 Å². The highest BCUT2D eigenvalue weighted by Gasteiger charge is 1.92. The molecule has 0 aliphatic carbocycles. The molecule has 0 radical (unpaired) electrons. The van der Waals surface area contributed by atoms with Crippen molar-refractivity contribution in [1.82, 2.24) is 4.98 Å². The van der Waals surface area contributed by atoms with Crippen molar-refractivity contribution in [3.05, 3.63) is 23.5 Å². The Hall–Kier alpha value is -1.74. The molecule has 1 aromatic heterocycles. The minimum Gasteiger partial charge on any atom is -0.353 e. The number of rotatable bonds is 4. The van der Waals surface area contributed by atoms with Crippen molar-refractivity contribution < 1.29 is 0 Å². The van der Waals surface area contributed by atoms with Crippen LogP contribution in [0.2, 0.25) is 0 Å². The fourth-order valence-corrected chi connectivity index (χ4v) is 1.06. The van der Waals surface area contributed by atoms with E-state index in [1.807, 2.05) is 11.5 Å². The Morgan fingerprint density at radius 3 is 2.80 bits per heavy atom. The van der Waals surface area contributed by atoms with Gasteiger partial charge in [0.05, 0.1) is 40.9 Å². The number of thiocarbonyl (C=S) groups is 1. The maximum Gasteiger partial charge on any atom is 0.157 e. The summed E-state index contributed by atoms with van der Waals surface area (Å²) in [5, 5.41) is 19.2. The number of hydrogen-bond acceptors (Lipinski definition) is 6. The standard InChI is InChI=1S/C8H5N5S2/c9-5-15-12-4-8-2-1-7(13-8)3-10-11-6-14/h1-4,13H. The minimum atomic E-state index is 0.771. The van der Waals surface area contributed by atoms with Gasteiger partial charge in [-0.25, -0.2) is 4.40 Å². The molecule has 0 atom stereocenters. The molecule has 0 saturated carbocycles. The normalized spacial score (nSPS) is 10.3. The highest BCUT2D eigenvalue weighted by Crippen LogP contribution is 2.01. The van der Waals surface area contributed by atoms with Gasteiger partial charge in [-0.15, -0.1) is 5.10 Å². The molecule has 0 spiro atoms. The first-order chi connectivity index (χ1) is 7.36. The molecule has 0 fully saturated rings. The monoisotopic (exact) mass is 235 g/mol. The van der Waals surface area contributed by atoms with Gasteiger partial charge in [0, 0.05) is 0 Å². The molecule has 1 rings (SSSR count). The average Bonchev–Trinajstić information content (AvgIpc) is 2.67. The number of aromatic amines is 1. The molecule has 0 aliphatic heterocycles. The number of nitrogens with one attached hydrogen (secondary N) is 1. The van der Waals surface area contributed by atoms with Crippen LogP contribution in [0, 0.1) is 10.7 Å². The molecule has 0 amide bonds. The predicted molar refractivity (Wildman–Crippen MR) is 64.2 cm³/mol. The number of hydrogen-bond donors (Lipinski definition) is 1. The number of nitrogens with zero attached hydrogens (tertiary/aromatic N) is 4. The zero-order valence-corrected chi connectivity index (χ0v) is 9.05. The molecule has 5 nitrogen and oxygen atoms in total. The van der Waals surface area contributed by atoms with Crippen molar-refractivity contribution in [2.45, 2.75) is 0 Å². The van der Waals surface area contributed by atoms with Crippen molar-refractivity contribution in [2.24, 2.45) is 14.6 Å². The predicted octanol–water partition coefficient (Wildman–Crippen LogP) is 2.00. The minimum absolute atomic E-state index is 0.771. The first-order valence-corrected chi connectivity index (χ1v) is 4.92. The molecule has 1 heterocycles. The summed E-state index contributed by atoms with van der Waals surface area (Å²) in [6.45, 7) is 0. The summed E-state index contributed by atoms with van der Waals surface area (Å²) in [6.07, 6.45) is 3.06. The topological polar surface area (TPSA) is 76.7 Å². The van der Waals surface area contributed by atoms with Crippen LogP contribution in [0.3, 0.4) is 0 Å². The Bertz CT molecular complexity index is 462. The number of isothiocyanates is 1. The van der Waals surface area contributed by atoms with Crippen LogP contribution >= 0.6 is 24.2 Å². The SMILES string of the molecule is N#CSN=Cc1ccc(C=NN=C=S)[nH]1. The number of H-pyrrole nitrogens is 1. The second kappa shape index (κ2) is 6.68. The van der Waals surface area contributed by atoms with Crippen LogP contribution in [0.5, 0.6) is 0 Å². The highest BCUT2D eigenvalue weighted by molar-refractivity contribution is 8.02. The van der Waals surface area contributed by atoms with Gasteiger partial charge in [-0.05, 0) is 24.4 Å². The van der Waals surface area contributed by atoms with Gasteiger partial charge in [-0.3, -0.25) is 0 Å². The lowest BCUT2D eigenvalue weighted by molar-refractivity contribution is 1.26. The maximum atomic E-state index is 8.23. The Morgan fingerprint density at radius 2 is 2.13 bits per heavy atom. The molecule has 0 aromatic carbocycles. The zero-order chi connectivity index (χ0) is 10.9. The summed E-state index contributed by atoms with van der Waals surface area (Å²) in [5.41, 5.74) is 1.55. The third kappa shape index (κ3) is 4.33. The van der Waals surface area contributed by atoms with E-state index in [9.17, 15) is 0 Å². The van der Waals surface area contributed by atoms with Crippen LogP contribution in [-0.4, -0.2) is 22.6 Å². The molecule has 0 aliphatic rings. The second-order valence-corrected chi connectivity index (χ2v) is 2.98. The first-order valence-electron chi connectivity index (χ1n) is 3.74. The molecule has 74 valence electrons. The summed E-state index contributed by atoms with van der Waals surface area (Å²) < 4.78 is 3.77. The summed E-state index contributed by atoms with van der Waals surface area (Å²) >= 11 is 5.16. The fraction of sp³-hybridized carbons (Fsp3) is 0. The second-order valence-electron chi connectivity index (χ2n) is 2.22. The van der Waals surface area contributed by atoms with Crippen LogP contribution in [0.15, 0.2) is 26.7 Å². The van der Waals surface area contributed by atoms with Gasteiger partial charge in [-0.2, -0.15) is 5.26 Å². The van der Waals surface area contributed by atoms with Crippen molar-refractivity contribution in [3.63, 3.8) is 0 Å². The number of aromatic nitrogens is 1. The van der Waals surface area contributed by atoms with Crippen molar-refractivity contribution in [1.29, 1.82) is 5.26 Å². The van der Waals surface area contributed by atoms with Crippen molar-refractivity contribution in [2.75, 3.05) is 0 Å². The van der Waals surface area contributed by atoms with Crippen LogP contribution < -0.4 is 0 Å². The summed E-state index contributed by atoms with van der Waals surface area (Å²) in [6, 6.07) is 3.62. The van der Waals surface area contributed by atoms with Gasteiger partial charge in [-0.1, -0.05) is 5.10 Å². The van der Waals surface area contributed by atoms with Gasteiger partial charge in [0.15, 0.2) is 5.40 Å². The summed E-state index contributed by atoms with van der Waals surface area (Å²) in [7, 11) is 0.